The summed E-state index contributed by atoms with van der Waals surface area (Å²) in [7, 11) is 2.07. The van der Waals surface area contributed by atoms with Crippen molar-refractivity contribution in [2.75, 3.05) is 16.8 Å². The number of halogens is 1. The normalized spacial score (nSPS) is 20.8. The van der Waals surface area contributed by atoms with Gasteiger partial charge in [0.25, 0.3) is 5.91 Å². The molecule has 2 unspecified atom stereocenters. The van der Waals surface area contributed by atoms with Crippen LogP contribution in [0.1, 0.15) is 17.5 Å². The fourth-order valence-corrected chi connectivity index (χ4v) is 4.50. The second kappa shape index (κ2) is 6.31. The number of rotatable bonds is 2. The molecule has 2 aromatic carbocycles. The summed E-state index contributed by atoms with van der Waals surface area (Å²) in [5.74, 6) is 1.02. The largest absolute Gasteiger partial charge is 0.365 e. The minimum atomic E-state index is -0.0757. The molecule has 0 spiro atoms. The summed E-state index contributed by atoms with van der Waals surface area (Å²) in [6, 6.07) is 15.9. The molecule has 0 fully saturated rings. The second-order valence-electron chi connectivity index (χ2n) is 6.98. The molecule has 0 saturated carbocycles. The van der Waals surface area contributed by atoms with E-state index >= 15 is 0 Å². The number of carbonyl (C=O) groups is 1. The summed E-state index contributed by atoms with van der Waals surface area (Å²) in [6.45, 7) is 1.76. The zero-order chi connectivity index (χ0) is 19.4. The Balaban J connectivity index is 1.58. The van der Waals surface area contributed by atoms with Crippen molar-refractivity contribution in [3.8, 4) is 11.4 Å². The molecule has 1 aromatic heterocycles. The highest BCUT2D eigenvalue weighted by Crippen LogP contribution is 2.47. The zero-order valence-electron chi connectivity index (χ0n) is 15.3. The van der Waals surface area contributed by atoms with Crippen LogP contribution in [0.4, 0.5) is 11.4 Å². The van der Waals surface area contributed by atoms with Crippen LogP contribution in [0, 0.1) is 6.92 Å². The van der Waals surface area contributed by atoms with Crippen LogP contribution in [-0.2, 0) is 4.79 Å². The smallest absolute Gasteiger partial charge is 0.265 e. The Morgan fingerprint density at radius 1 is 1.11 bits per heavy atom. The van der Waals surface area contributed by atoms with Gasteiger partial charge < -0.3 is 9.42 Å². The molecule has 7 heteroatoms. The highest BCUT2D eigenvalue weighted by atomic mass is 79.9. The summed E-state index contributed by atoms with van der Waals surface area (Å²) in [6.07, 6.45) is 2.00. The summed E-state index contributed by atoms with van der Waals surface area (Å²) in [5.41, 5.74) is 3.98. The van der Waals surface area contributed by atoms with Crippen LogP contribution in [0.2, 0.25) is 0 Å². The fraction of sp³-hybridized carbons (Fsp3) is 0.190. The number of hydrogen-bond donors (Lipinski definition) is 0. The first-order chi connectivity index (χ1) is 13.5. The van der Waals surface area contributed by atoms with Gasteiger partial charge in [0.05, 0.1) is 16.6 Å². The van der Waals surface area contributed by atoms with Gasteiger partial charge in [0.2, 0.25) is 11.7 Å². The topological polar surface area (TPSA) is 62.5 Å². The molecule has 5 rings (SSSR count). The van der Waals surface area contributed by atoms with E-state index < -0.39 is 0 Å². The number of likely N-dealkylation sites (N-methyl/N-ethyl adjacent to an activating group) is 1. The molecule has 140 valence electrons. The Labute approximate surface area is 170 Å². The number of aryl methyl sites for hydroxylation is 1. The summed E-state index contributed by atoms with van der Waals surface area (Å²) in [5, 5.41) is 3.96. The molecule has 2 atom stereocenters. The quantitative estimate of drug-likeness (QED) is 0.601. The average molecular weight is 437 g/mol. The first kappa shape index (κ1) is 17.2. The molecule has 3 aromatic rings. The van der Waals surface area contributed by atoms with E-state index in [0.717, 1.165) is 22.5 Å². The van der Waals surface area contributed by atoms with Crippen LogP contribution in [0.5, 0.6) is 0 Å². The molecule has 0 N–H and O–H groups in total. The first-order valence-electron chi connectivity index (χ1n) is 8.98. The van der Waals surface area contributed by atoms with Gasteiger partial charge in [-0.3, -0.25) is 9.69 Å². The number of hydrogen-bond acceptors (Lipinski definition) is 5. The molecule has 0 bridgehead atoms. The molecule has 28 heavy (non-hydrogen) atoms. The Morgan fingerprint density at radius 2 is 1.86 bits per heavy atom. The van der Waals surface area contributed by atoms with E-state index in [1.54, 1.807) is 6.92 Å². The molecule has 6 nitrogen and oxygen atoms in total. The number of anilines is 2. The predicted octanol–water partition coefficient (Wildman–Crippen LogP) is 4.23. The van der Waals surface area contributed by atoms with Crippen LogP contribution in [-0.4, -0.2) is 29.1 Å². The van der Waals surface area contributed by atoms with Gasteiger partial charge in [-0.15, -0.1) is 0 Å². The van der Waals surface area contributed by atoms with Crippen LogP contribution in [0.3, 0.4) is 0 Å². The van der Waals surface area contributed by atoms with Gasteiger partial charge in [-0.25, -0.2) is 0 Å². The third-order valence-electron chi connectivity index (χ3n) is 5.36. The molecule has 2 aliphatic heterocycles. The number of fused-ring (bicyclic) bond motifs is 3. The van der Waals surface area contributed by atoms with Crippen molar-refractivity contribution < 1.29 is 9.32 Å². The van der Waals surface area contributed by atoms with E-state index in [9.17, 15) is 4.79 Å². The van der Waals surface area contributed by atoms with Crippen molar-refractivity contribution in [3.63, 3.8) is 0 Å². The summed E-state index contributed by atoms with van der Waals surface area (Å²) in [4.78, 5) is 21.4. The van der Waals surface area contributed by atoms with E-state index in [0.29, 0.717) is 16.2 Å². The van der Waals surface area contributed by atoms with Crippen molar-refractivity contribution in [1.82, 2.24) is 10.1 Å². The van der Waals surface area contributed by atoms with Crippen LogP contribution in [0.15, 0.2) is 63.6 Å². The lowest BCUT2D eigenvalue weighted by atomic mass is 9.96. The maximum atomic E-state index is 13.1. The lowest BCUT2D eigenvalue weighted by molar-refractivity contribution is -0.115. The number of amides is 1. The van der Waals surface area contributed by atoms with Gasteiger partial charge in [0.1, 0.15) is 0 Å². The SMILES string of the molecule is Cc1nc(-c2ccc(N3C(=O)C(Br)=CC4C3c3ccccc3N4C)cc2)no1. The molecule has 0 saturated heterocycles. The average Bonchev–Trinajstić information content (AvgIpc) is 3.26. The van der Waals surface area contributed by atoms with Crippen molar-refractivity contribution >= 4 is 33.2 Å². The third-order valence-corrected chi connectivity index (χ3v) is 5.96. The summed E-state index contributed by atoms with van der Waals surface area (Å²) >= 11 is 3.46. The Morgan fingerprint density at radius 3 is 2.57 bits per heavy atom. The minimum Gasteiger partial charge on any atom is -0.365 e. The molecule has 0 radical (unpaired) electrons. The van der Waals surface area contributed by atoms with Crippen molar-refractivity contribution in [2.24, 2.45) is 0 Å². The maximum absolute atomic E-state index is 13.1. The number of para-hydroxylation sites is 1. The molecule has 0 aliphatic carbocycles. The van der Waals surface area contributed by atoms with E-state index in [4.69, 9.17) is 4.52 Å². The number of carbonyl (C=O) groups excluding carboxylic acids is 1. The maximum Gasteiger partial charge on any atom is 0.265 e. The van der Waals surface area contributed by atoms with Crippen molar-refractivity contribution in [1.29, 1.82) is 0 Å². The van der Waals surface area contributed by atoms with Crippen LogP contribution in [0.25, 0.3) is 11.4 Å². The van der Waals surface area contributed by atoms with Gasteiger partial charge in [-0.1, -0.05) is 23.4 Å². The van der Waals surface area contributed by atoms with Crippen molar-refractivity contribution in [3.05, 3.63) is 70.5 Å². The number of aromatic nitrogens is 2. The van der Waals surface area contributed by atoms with E-state index in [-0.39, 0.29) is 18.0 Å². The van der Waals surface area contributed by atoms with Gasteiger partial charge in [0, 0.05) is 36.5 Å². The Kier molecular flexibility index (Phi) is 3.87. The molecular formula is C21H17BrN4O2. The number of benzene rings is 2. The van der Waals surface area contributed by atoms with E-state index in [1.165, 1.54) is 0 Å². The van der Waals surface area contributed by atoms with Crippen LogP contribution < -0.4 is 9.80 Å². The number of nitrogens with zero attached hydrogens (tertiary/aromatic N) is 4. The standard InChI is InChI=1S/C21H17BrN4O2/c1-12-23-20(24-28-12)13-7-9-14(10-8-13)26-19-15-5-3-4-6-17(15)25(2)18(19)11-16(22)21(26)27/h3-11,18-19H,1-2H3. The molecule has 1 amide bonds. The highest BCUT2D eigenvalue weighted by Gasteiger charge is 2.45. The Bertz CT molecular complexity index is 1110. The fourth-order valence-electron chi connectivity index (χ4n) is 4.04. The van der Waals surface area contributed by atoms with E-state index in [2.05, 4.69) is 50.2 Å². The third kappa shape index (κ3) is 2.50. The zero-order valence-corrected chi connectivity index (χ0v) is 16.9. The Hall–Kier alpha value is -2.93. The highest BCUT2D eigenvalue weighted by molar-refractivity contribution is 9.12. The lowest BCUT2D eigenvalue weighted by Crippen LogP contribution is -2.46. The summed E-state index contributed by atoms with van der Waals surface area (Å²) < 4.78 is 5.63. The lowest BCUT2D eigenvalue weighted by Gasteiger charge is -2.37. The molecule has 3 heterocycles. The predicted molar refractivity (Wildman–Crippen MR) is 110 cm³/mol. The van der Waals surface area contributed by atoms with E-state index in [1.807, 2.05) is 47.4 Å². The second-order valence-corrected chi connectivity index (χ2v) is 7.83. The minimum absolute atomic E-state index is 0.0468. The van der Waals surface area contributed by atoms with Gasteiger partial charge in [-0.2, -0.15) is 4.98 Å². The monoisotopic (exact) mass is 436 g/mol. The molecule has 2 aliphatic rings. The van der Waals surface area contributed by atoms with Gasteiger partial charge in [0.15, 0.2) is 0 Å². The van der Waals surface area contributed by atoms with Gasteiger partial charge >= 0.3 is 0 Å². The van der Waals surface area contributed by atoms with Crippen LogP contribution >= 0.6 is 15.9 Å². The van der Waals surface area contributed by atoms with Gasteiger partial charge in [-0.05, 0) is 52.3 Å². The molecular weight excluding hydrogens is 420 g/mol. The first-order valence-corrected chi connectivity index (χ1v) is 9.77. The van der Waals surface area contributed by atoms with Crippen molar-refractivity contribution in [2.45, 2.75) is 19.0 Å².